The lowest BCUT2D eigenvalue weighted by molar-refractivity contribution is 0.0104. The summed E-state index contributed by atoms with van der Waals surface area (Å²) in [6.07, 6.45) is -0.640. The third kappa shape index (κ3) is 6.66. The van der Waals surface area contributed by atoms with Gasteiger partial charge in [0.25, 0.3) is 20.2 Å². The van der Waals surface area contributed by atoms with E-state index in [0.29, 0.717) is 12.8 Å². The van der Waals surface area contributed by atoms with E-state index in [4.69, 9.17) is 9.11 Å². The number of aliphatic hydroxyl groups is 2. The molecular formula is C18H22O8S2. The summed E-state index contributed by atoms with van der Waals surface area (Å²) >= 11 is 0. The Morgan fingerprint density at radius 1 is 0.607 bits per heavy atom. The molecule has 0 aliphatic rings. The Morgan fingerprint density at radius 3 is 1.14 bits per heavy atom. The average Bonchev–Trinajstić information content (AvgIpc) is 2.63. The van der Waals surface area contributed by atoms with Crippen LogP contribution in [0.3, 0.4) is 0 Å². The van der Waals surface area contributed by atoms with Gasteiger partial charge >= 0.3 is 0 Å². The highest BCUT2D eigenvalue weighted by molar-refractivity contribution is 7.86. The number of aliphatic hydroxyl groups excluding tert-OH is 2. The van der Waals surface area contributed by atoms with Gasteiger partial charge in [0.2, 0.25) is 0 Å². The zero-order chi connectivity index (χ0) is 20.9. The molecule has 0 bridgehead atoms. The summed E-state index contributed by atoms with van der Waals surface area (Å²) in [5.74, 6) is 0. The van der Waals surface area contributed by atoms with Gasteiger partial charge in [-0.25, -0.2) is 0 Å². The molecule has 0 saturated carbocycles. The highest BCUT2D eigenvalue weighted by Crippen LogP contribution is 2.16. The SMILES string of the molecule is O=S(=O)(O)c1ccc(CCC(O)C(O)CCc2ccc(S(=O)(=O)O)cc2)cc1. The lowest BCUT2D eigenvalue weighted by Crippen LogP contribution is -2.27. The molecule has 0 amide bonds. The predicted octanol–water partition coefficient (Wildman–Crippen LogP) is 1.47. The van der Waals surface area contributed by atoms with Crippen LogP contribution in [-0.2, 0) is 33.1 Å². The van der Waals surface area contributed by atoms with Gasteiger partial charge in [0, 0.05) is 0 Å². The molecule has 0 aliphatic heterocycles. The first-order valence-electron chi connectivity index (χ1n) is 8.46. The summed E-state index contributed by atoms with van der Waals surface area (Å²) in [6.45, 7) is 0. The zero-order valence-electron chi connectivity index (χ0n) is 14.8. The Hall–Kier alpha value is -1.82. The molecule has 2 unspecified atom stereocenters. The van der Waals surface area contributed by atoms with Crippen molar-refractivity contribution >= 4 is 20.2 Å². The van der Waals surface area contributed by atoms with Crippen molar-refractivity contribution in [2.45, 2.75) is 47.7 Å². The van der Waals surface area contributed by atoms with E-state index in [1.54, 1.807) is 0 Å². The summed E-state index contributed by atoms with van der Waals surface area (Å²) in [7, 11) is -8.49. The minimum atomic E-state index is -4.25. The second kappa shape index (κ2) is 9.12. The number of hydrogen-bond acceptors (Lipinski definition) is 6. The second-order valence-electron chi connectivity index (χ2n) is 6.45. The van der Waals surface area contributed by atoms with E-state index in [0.717, 1.165) is 11.1 Å². The first-order chi connectivity index (χ1) is 13.0. The number of aryl methyl sites for hydroxylation is 2. The van der Waals surface area contributed by atoms with Crippen LogP contribution in [0, 0.1) is 0 Å². The van der Waals surface area contributed by atoms with E-state index in [9.17, 15) is 27.0 Å². The van der Waals surface area contributed by atoms with Gasteiger partial charge in [-0.05, 0) is 61.1 Å². The van der Waals surface area contributed by atoms with Gasteiger partial charge in [0.15, 0.2) is 0 Å². The summed E-state index contributed by atoms with van der Waals surface area (Å²) in [5.41, 5.74) is 1.50. The molecule has 0 spiro atoms. The topological polar surface area (TPSA) is 149 Å². The second-order valence-corrected chi connectivity index (χ2v) is 9.29. The largest absolute Gasteiger partial charge is 0.390 e. The zero-order valence-corrected chi connectivity index (χ0v) is 16.5. The van der Waals surface area contributed by atoms with E-state index in [-0.39, 0.29) is 22.6 Å². The van der Waals surface area contributed by atoms with Crippen molar-refractivity contribution in [1.82, 2.24) is 0 Å². The first kappa shape index (κ1) is 22.5. The molecule has 0 heterocycles. The molecule has 28 heavy (non-hydrogen) atoms. The Labute approximate surface area is 164 Å². The van der Waals surface area contributed by atoms with Crippen LogP contribution in [-0.4, -0.2) is 48.4 Å². The van der Waals surface area contributed by atoms with E-state index >= 15 is 0 Å². The quantitative estimate of drug-likeness (QED) is 0.437. The van der Waals surface area contributed by atoms with Crippen molar-refractivity contribution < 1.29 is 36.2 Å². The van der Waals surface area contributed by atoms with Gasteiger partial charge < -0.3 is 10.2 Å². The maximum Gasteiger partial charge on any atom is 0.294 e. The van der Waals surface area contributed by atoms with Crippen LogP contribution >= 0.6 is 0 Å². The van der Waals surface area contributed by atoms with Gasteiger partial charge in [0.1, 0.15) is 0 Å². The van der Waals surface area contributed by atoms with Gasteiger partial charge in [0.05, 0.1) is 22.0 Å². The molecule has 2 rings (SSSR count). The van der Waals surface area contributed by atoms with E-state index in [2.05, 4.69) is 0 Å². The molecule has 2 aromatic rings. The third-order valence-electron chi connectivity index (χ3n) is 4.34. The summed E-state index contributed by atoms with van der Waals surface area (Å²) in [6, 6.07) is 11.2. The first-order valence-corrected chi connectivity index (χ1v) is 11.3. The van der Waals surface area contributed by atoms with Crippen molar-refractivity contribution in [1.29, 1.82) is 0 Å². The third-order valence-corrected chi connectivity index (χ3v) is 6.08. The summed E-state index contributed by atoms with van der Waals surface area (Å²) in [5, 5.41) is 20.2. The summed E-state index contributed by atoms with van der Waals surface area (Å²) < 4.78 is 61.9. The van der Waals surface area contributed by atoms with E-state index < -0.39 is 32.4 Å². The van der Waals surface area contributed by atoms with Crippen molar-refractivity contribution in [3.63, 3.8) is 0 Å². The number of benzene rings is 2. The van der Waals surface area contributed by atoms with Crippen molar-refractivity contribution in [2.75, 3.05) is 0 Å². The highest BCUT2D eigenvalue weighted by Gasteiger charge is 2.17. The Balaban J connectivity index is 1.83. The van der Waals surface area contributed by atoms with Crippen LogP contribution in [0.4, 0.5) is 0 Å². The fourth-order valence-corrected chi connectivity index (χ4v) is 3.63. The Kier molecular flexibility index (Phi) is 7.32. The van der Waals surface area contributed by atoms with Crippen LogP contribution in [0.1, 0.15) is 24.0 Å². The number of rotatable bonds is 9. The maximum absolute atomic E-state index is 11.0. The summed E-state index contributed by atoms with van der Waals surface area (Å²) in [4.78, 5) is -0.423. The Bertz CT molecular complexity index is 897. The molecule has 0 aromatic heterocycles. The molecule has 0 aliphatic carbocycles. The molecule has 154 valence electrons. The predicted molar refractivity (Wildman–Crippen MR) is 101 cm³/mol. The minimum absolute atomic E-state index is 0.211. The van der Waals surface area contributed by atoms with Gasteiger partial charge in [-0.15, -0.1) is 0 Å². The number of hydrogen-bond donors (Lipinski definition) is 4. The van der Waals surface area contributed by atoms with Crippen LogP contribution in [0.2, 0.25) is 0 Å². The average molecular weight is 431 g/mol. The van der Waals surface area contributed by atoms with Crippen LogP contribution in [0.25, 0.3) is 0 Å². The van der Waals surface area contributed by atoms with E-state index in [1.165, 1.54) is 48.5 Å². The van der Waals surface area contributed by atoms with Crippen LogP contribution in [0.5, 0.6) is 0 Å². The fraction of sp³-hybridized carbons (Fsp3) is 0.333. The van der Waals surface area contributed by atoms with Crippen LogP contribution in [0.15, 0.2) is 58.3 Å². The lowest BCUT2D eigenvalue weighted by Gasteiger charge is -2.18. The molecule has 0 radical (unpaired) electrons. The normalized spacial score (nSPS) is 14.6. The Morgan fingerprint density at radius 2 is 0.893 bits per heavy atom. The molecular weight excluding hydrogens is 408 g/mol. The molecule has 2 aromatic carbocycles. The van der Waals surface area contributed by atoms with Crippen molar-refractivity contribution in [3.05, 3.63) is 59.7 Å². The molecule has 0 fully saturated rings. The molecule has 0 saturated heterocycles. The van der Waals surface area contributed by atoms with Crippen molar-refractivity contribution in [2.24, 2.45) is 0 Å². The molecule has 2 atom stereocenters. The molecule has 10 heteroatoms. The maximum atomic E-state index is 11.0. The standard InChI is InChI=1S/C18H22O8S2/c19-17(11-5-13-1-7-15(8-2-13)27(21,22)23)18(20)12-6-14-3-9-16(10-4-14)28(24,25)26/h1-4,7-10,17-20H,5-6,11-12H2,(H,21,22,23)(H,24,25,26). The van der Waals surface area contributed by atoms with Crippen molar-refractivity contribution in [3.8, 4) is 0 Å². The monoisotopic (exact) mass is 430 g/mol. The highest BCUT2D eigenvalue weighted by atomic mass is 32.2. The van der Waals surface area contributed by atoms with Gasteiger partial charge in [-0.2, -0.15) is 16.8 Å². The smallest absolute Gasteiger partial charge is 0.294 e. The van der Waals surface area contributed by atoms with Gasteiger partial charge in [-0.1, -0.05) is 24.3 Å². The van der Waals surface area contributed by atoms with E-state index in [1.807, 2.05) is 0 Å². The van der Waals surface area contributed by atoms with Crippen LogP contribution < -0.4 is 0 Å². The lowest BCUT2D eigenvalue weighted by atomic mass is 9.99. The molecule has 8 nitrogen and oxygen atoms in total. The fourth-order valence-electron chi connectivity index (χ4n) is 2.67. The van der Waals surface area contributed by atoms with Gasteiger partial charge in [-0.3, -0.25) is 9.11 Å². The minimum Gasteiger partial charge on any atom is -0.390 e. The molecule has 4 N–H and O–H groups in total.